The molecule has 0 radical (unpaired) electrons. The summed E-state index contributed by atoms with van der Waals surface area (Å²) >= 11 is 3.54. The van der Waals surface area contributed by atoms with E-state index < -0.39 is 0 Å². The number of halogens is 1. The van der Waals surface area contributed by atoms with Crippen LogP contribution < -0.4 is 4.74 Å². The molecule has 3 heteroatoms. The van der Waals surface area contributed by atoms with Crippen LogP contribution in [0.3, 0.4) is 0 Å². The molecule has 1 aliphatic heterocycles. The first-order valence-electron chi connectivity index (χ1n) is 6.24. The zero-order valence-electron chi connectivity index (χ0n) is 10.6. The first kappa shape index (κ1) is 12.9. The highest BCUT2D eigenvalue weighted by Crippen LogP contribution is 2.26. The van der Waals surface area contributed by atoms with Crippen LogP contribution in [0, 0.1) is 5.92 Å². The average Bonchev–Trinajstić information content (AvgIpc) is 2.32. The van der Waals surface area contributed by atoms with Crippen molar-refractivity contribution in [3.05, 3.63) is 28.2 Å². The van der Waals surface area contributed by atoms with Crippen molar-refractivity contribution in [2.75, 3.05) is 20.2 Å². The number of hydrogen-bond acceptors (Lipinski definition) is 2. The lowest BCUT2D eigenvalue weighted by atomic mass is 9.99. The van der Waals surface area contributed by atoms with Crippen molar-refractivity contribution in [3.63, 3.8) is 0 Å². The van der Waals surface area contributed by atoms with Gasteiger partial charge in [-0.15, -0.1) is 0 Å². The van der Waals surface area contributed by atoms with Gasteiger partial charge in [0, 0.05) is 6.54 Å². The van der Waals surface area contributed by atoms with Crippen molar-refractivity contribution in [1.82, 2.24) is 4.90 Å². The van der Waals surface area contributed by atoms with Gasteiger partial charge in [0.2, 0.25) is 0 Å². The van der Waals surface area contributed by atoms with Crippen LogP contribution in [-0.4, -0.2) is 25.1 Å². The van der Waals surface area contributed by atoms with Gasteiger partial charge in [0.1, 0.15) is 5.75 Å². The zero-order chi connectivity index (χ0) is 12.3. The Balaban J connectivity index is 1.97. The van der Waals surface area contributed by atoms with Crippen LogP contribution in [0.25, 0.3) is 0 Å². The van der Waals surface area contributed by atoms with Gasteiger partial charge >= 0.3 is 0 Å². The molecular formula is C14H20BrNO. The van der Waals surface area contributed by atoms with Crippen molar-refractivity contribution < 1.29 is 4.74 Å². The van der Waals surface area contributed by atoms with Gasteiger partial charge in [0.25, 0.3) is 0 Å². The number of rotatable bonds is 3. The second kappa shape index (κ2) is 5.87. The van der Waals surface area contributed by atoms with Gasteiger partial charge in [0.05, 0.1) is 11.6 Å². The van der Waals surface area contributed by atoms with E-state index in [9.17, 15) is 0 Å². The van der Waals surface area contributed by atoms with Crippen LogP contribution >= 0.6 is 15.9 Å². The van der Waals surface area contributed by atoms with Crippen molar-refractivity contribution in [2.24, 2.45) is 5.92 Å². The predicted octanol–water partition coefficient (Wildman–Crippen LogP) is 3.69. The van der Waals surface area contributed by atoms with E-state index in [0.717, 1.165) is 22.7 Å². The summed E-state index contributed by atoms with van der Waals surface area (Å²) in [6, 6.07) is 6.35. The molecule has 0 aliphatic carbocycles. The largest absolute Gasteiger partial charge is 0.496 e. The predicted molar refractivity (Wildman–Crippen MR) is 74.4 cm³/mol. The molecule has 2 nitrogen and oxygen atoms in total. The van der Waals surface area contributed by atoms with Crippen LogP contribution in [0.1, 0.15) is 25.3 Å². The Morgan fingerprint density at radius 3 is 2.65 bits per heavy atom. The normalized spacial score (nSPS) is 18.3. The molecule has 0 N–H and O–H groups in total. The summed E-state index contributed by atoms with van der Waals surface area (Å²) < 4.78 is 6.29. The number of ether oxygens (including phenoxy) is 1. The highest BCUT2D eigenvalue weighted by atomic mass is 79.9. The number of nitrogens with zero attached hydrogens (tertiary/aromatic N) is 1. The maximum Gasteiger partial charge on any atom is 0.133 e. The fourth-order valence-corrected chi connectivity index (χ4v) is 2.87. The highest BCUT2D eigenvalue weighted by molar-refractivity contribution is 9.10. The minimum atomic E-state index is 0.897. The summed E-state index contributed by atoms with van der Waals surface area (Å²) in [4.78, 5) is 2.54. The minimum Gasteiger partial charge on any atom is -0.496 e. The number of piperidine rings is 1. The lowest BCUT2D eigenvalue weighted by Gasteiger charge is -2.30. The molecule has 0 aromatic heterocycles. The van der Waals surface area contributed by atoms with Crippen molar-refractivity contribution in [2.45, 2.75) is 26.3 Å². The van der Waals surface area contributed by atoms with E-state index in [1.54, 1.807) is 7.11 Å². The fourth-order valence-electron chi connectivity index (χ4n) is 2.29. The molecule has 1 heterocycles. The van der Waals surface area contributed by atoms with Gasteiger partial charge in [-0.2, -0.15) is 0 Å². The van der Waals surface area contributed by atoms with Gasteiger partial charge in [0.15, 0.2) is 0 Å². The third kappa shape index (κ3) is 3.46. The van der Waals surface area contributed by atoms with Gasteiger partial charge in [-0.25, -0.2) is 0 Å². The maximum absolute atomic E-state index is 5.24. The van der Waals surface area contributed by atoms with Crippen LogP contribution in [0.15, 0.2) is 22.7 Å². The molecule has 1 aromatic carbocycles. The molecule has 17 heavy (non-hydrogen) atoms. The summed E-state index contributed by atoms with van der Waals surface area (Å²) in [5.41, 5.74) is 1.35. The standard InChI is InChI=1S/C14H20BrNO/c1-11-5-7-16(8-6-11)10-12-3-4-14(17-2)13(15)9-12/h3-4,9,11H,5-8,10H2,1-2H3. The maximum atomic E-state index is 5.24. The van der Waals surface area contributed by atoms with E-state index in [2.05, 4.69) is 39.9 Å². The lowest BCUT2D eigenvalue weighted by molar-refractivity contribution is 0.185. The third-order valence-electron chi connectivity index (χ3n) is 3.50. The Morgan fingerprint density at radius 1 is 1.35 bits per heavy atom. The van der Waals surface area contributed by atoms with Crippen LogP contribution in [-0.2, 0) is 6.54 Å². The summed E-state index contributed by atoms with van der Waals surface area (Å²) in [5, 5.41) is 0. The van der Waals surface area contributed by atoms with Crippen molar-refractivity contribution in [3.8, 4) is 5.75 Å². The summed E-state index contributed by atoms with van der Waals surface area (Å²) in [7, 11) is 1.70. The highest BCUT2D eigenvalue weighted by Gasteiger charge is 2.15. The molecule has 1 saturated heterocycles. The molecule has 0 unspecified atom stereocenters. The molecular weight excluding hydrogens is 278 g/mol. The molecule has 0 spiro atoms. The van der Waals surface area contributed by atoms with Crippen LogP contribution in [0.2, 0.25) is 0 Å². The van der Waals surface area contributed by atoms with Gasteiger partial charge in [-0.05, 0) is 65.5 Å². The summed E-state index contributed by atoms with van der Waals surface area (Å²) in [5.74, 6) is 1.80. The summed E-state index contributed by atoms with van der Waals surface area (Å²) in [6.07, 6.45) is 2.66. The fraction of sp³-hybridized carbons (Fsp3) is 0.571. The molecule has 2 rings (SSSR count). The van der Waals surface area contributed by atoms with Crippen LogP contribution in [0.4, 0.5) is 0 Å². The molecule has 0 bridgehead atoms. The molecule has 0 saturated carbocycles. The van der Waals surface area contributed by atoms with Crippen molar-refractivity contribution >= 4 is 15.9 Å². The number of hydrogen-bond donors (Lipinski definition) is 0. The number of methoxy groups -OCH3 is 1. The average molecular weight is 298 g/mol. The summed E-state index contributed by atoms with van der Waals surface area (Å²) in [6.45, 7) is 5.85. The molecule has 94 valence electrons. The van der Waals surface area contributed by atoms with Crippen LogP contribution in [0.5, 0.6) is 5.75 Å². The first-order valence-corrected chi connectivity index (χ1v) is 7.03. The Morgan fingerprint density at radius 2 is 2.06 bits per heavy atom. The quantitative estimate of drug-likeness (QED) is 0.844. The Labute approximate surface area is 112 Å². The minimum absolute atomic E-state index is 0.897. The second-order valence-corrected chi connectivity index (χ2v) is 5.78. The van der Waals surface area contributed by atoms with E-state index in [1.807, 2.05) is 6.07 Å². The van der Waals surface area contributed by atoms with E-state index in [-0.39, 0.29) is 0 Å². The van der Waals surface area contributed by atoms with E-state index in [0.29, 0.717) is 0 Å². The monoisotopic (exact) mass is 297 g/mol. The van der Waals surface area contributed by atoms with Gasteiger partial charge in [-0.3, -0.25) is 4.90 Å². The molecule has 0 amide bonds. The topological polar surface area (TPSA) is 12.5 Å². The SMILES string of the molecule is COc1ccc(CN2CCC(C)CC2)cc1Br. The second-order valence-electron chi connectivity index (χ2n) is 4.93. The smallest absolute Gasteiger partial charge is 0.133 e. The van der Waals surface area contributed by atoms with Crippen molar-refractivity contribution in [1.29, 1.82) is 0 Å². The third-order valence-corrected chi connectivity index (χ3v) is 4.12. The Hall–Kier alpha value is -0.540. The first-order chi connectivity index (χ1) is 8.19. The van der Waals surface area contributed by atoms with E-state index >= 15 is 0 Å². The molecule has 0 atom stereocenters. The molecule has 1 fully saturated rings. The van der Waals surface area contributed by atoms with Gasteiger partial charge < -0.3 is 4.74 Å². The number of likely N-dealkylation sites (tertiary alicyclic amines) is 1. The number of benzene rings is 1. The Kier molecular flexibility index (Phi) is 4.46. The Bertz CT molecular complexity index is 372. The lowest BCUT2D eigenvalue weighted by Crippen LogP contribution is -2.32. The molecule has 1 aromatic rings. The van der Waals surface area contributed by atoms with E-state index in [4.69, 9.17) is 4.74 Å². The van der Waals surface area contributed by atoms with E-state index in [1.165, 1.54) is 31.5 Å². The zero-order valence-corrected chi connectivity index (χ0v) is 12.2. The van der Waals surface area contributed by atoms with Gasteiger partial charge in [-0.1, -0.05) is 13.0 Å². The molecule has 1 aliphatic rings.